The molecular formula is C18H19N2O5S-. The van der Waals surface area contributed by atoms with E-state index in [-0.39, 0.29) is 11.3 Å². The van der Waals surface area contributed by atoms with Crippen molar-refractivity contribution < 1.29 is 23.1 Å². The lowest BCUT2D eigenvalue weighted by atomic mass is 10.0. The van der Waals surface area contributed by atoms with E-state index in [2.05, 4.69) is 9.93 Å². The van der Waals surface area contributed by atoms with Crippen molar-refractivity contribution in [1.82, 2.24) is 4.83 Å². The van der Waals surface area contributed by atoms with Crippen LogP contribution < -0.4 is 14.7 Å². The third-order valence-electron chi connectivity index (χ3n) is 3.70. The number of rotatable bonds is 7. The summed E-state index contributed by atoms with van der Waals surface area (Å²) in [5, 5.41) is 14.8. The van der Waals surface area contributed by atoms with Crippen LogP contribution in [-0.2, 0) is 21.2 Å². The second-order valence-electron chi connectivity index (χ2n) is 5.68. The predicted molar refractivity (Wildman–Crippen MR) is 95.4 cm³/mol. The first-order valence-electron chi connectivity index (χ1n) is 7.73. The van der Waals surface area contributed by atoms with Gasteiger partial charge in [-0.3, -0.25) is 0 Å². The first-order valence-corrected chi connectivity index (χ1v) is 9.21. The molecule has 2 aromatic rings. The van der Waals surface area contributed by atoms with Crippen LogP contribution in [0.25, 0.3) is 0 Å². The Morgan fingerprint density at radius 3 is 2.42 bits per heavy atom. The van der Waals surface area contributed by atoms with Crippen LogP contribution in [-0.4, -0.2) is 27.2 Å². The van der Waals surface area contributed by atoms with E-state index in [9.17, 15) is 18.3 Å². The van der Waals surface area contributed by atoms with Gasteiger partial charge in [-0.2, -0.15) is 18.4 Å². The van der Waals surface area contributed by atoms with Crippen molar-refractivity contribution in [3.8, 4) is 5.75 Å². The largest absolute Gasteiger partial charge is 0.550 e. The fourth-order valence-corrected chi connectivity index (χ4v) is 3.12. The Hall–Kier alpha value is -2.87. The molecule has 0 fully saturated rings. The maximum atomic E-state index is 12.3. The summed E-state index contributed by atoms with van der Waals surface area (Å²) in [6, 6.07) is 11.2. The first-order chi connectivity index (χ1) is 12.2. The summed E-state index contributed by atoms with van der Waals surface area (Å²) < 4.78 is 29.7. The number of aliphatic carboxylic acids is 1. The molecule has 26 heavy (non-hydrogen) atoms. The van der Waals surface area contributed by atoms with E-state index in [1.165, 1.54) is 19.2 Å². The van der Waals surface area contributed by atoms with E-state index in [4.69, 9.17) is 4.74 Å². The van der Waals surface area contributed by atoms with Gasteiger partial charge in [0, 0.05) is 18.0 Å². The maximum Gasteiger partial charge on any atom is 0.276 e. The van der Waals surface area contributed by atoms with Crippen LogP contribution in [0.1, 0.15) is 23.6 Å². The Labute approximate surface area is 152 Å². The molecule has 2 aromatic carbocycles. The van der Waals surface area contributed by atoms with Crippen molar-refractivity contribution in [2.75, 3.05) is 7.11 Å². The van der Waals surface area contributed by atoms with Gasteiger partial charge in [0.25, 0.3) is 10.0 Å². The minimum absolute atomic E-state index is 0.104. The van der Waals surface area contributed by atoms with Crippen molar-refractivity contribution in [1.29, 1.82) is 0 Å². The van der Waals surface area contributed by atoms with Crippen molar-refractivity contribution in [2.24, 2.45) is 5.10 Å². The molecule has 0 bridgehead atoms. The van der Waals surface area contributed by atoms with Crippen LogP contribution >= 0.6 is 0 Å². The summed E-state index contributed by atoms with van der Waals surface area (Å²) >= 11 is 0. The normalized spacial score (nSPS) is 11.9. The number of carboxylic acids is 1. The van der Waals surface area contributed by atoms with Crippen molar-refractivity contribution >= 4 is 21.7 Å². The van der Waals surface area contributed by atoms with Crippen LogP contribution in [0, 0.1) is 6.92 Å². The molecule has 0 spiro atoms. The van der Waals surface area contributed by atoms with Crippen LogP contribution in [0.2, 0.25) is 0 Å². The van der Waals surface area contributed by atoms with Crippen molar-refractivity contribution in [3.05, 3.63) is 59.2 Å². The summed E-state index contributed by atoms with van der Waals surface area (Å²) in [6.45, 7) is 3.47. The van der Waals surface area contributed by atoms with Gasteiger partial charge in [-0.25, -0.2) is 0 Å². The molecule has 2 rings (SSSR count). The number of sulfonamides is 1. The zero-order valence-electron chi connectivity index (χ0n) is 14.6. The highest BCUT2D eigenvalue weighted by Crippen LogP contribution is 2.21. The van der Waals surface area contributed by atoms with Gasteiger partial charge in [-0.1, -0.05) is 17.7 Å². The summed E-state index contributed by atoms with van der Waals surface area (Å²) in [7, 11) is -2.35. The van der Waals surface area contributed by atoms with E-state index in [1.54, 1.807) is 37.3 Å². The van der Waals surface area contributed by atoms with Gasteiger partial charge in [0.15, 0.2) is 0 Å². The molecule has 1 N–H and O–H groups in total. The van der Waals surface area contributed by atoms with E-state index in [0.717, 1.165) is 5.56 Å². The average Bonchev–Trinajstić information content (AvgIpc) is 2.59. The Morgan fingerprint density at radius 2 is 1.85 bits per heavy atom. The number of benzene rings is 2. The Balaban J connectivity index is 2.26. The minimum atomic E-state index is -3.79. The average molecular weight is 375 g/mol. The van der Waals surface area contributed by atoms with E-state index < -0.39 is 16.0 Å². The SMILES string of the molecule is COc1ccc(/C(C)=N\NS(=O)(=O)c2ccc(C)cc2)cc1CC(=O)[O-]. The van der Waals surface area contributed by atoms with Crippen LogP contribution in [0.5, 0.6) is 5.75 Å². The third-order valence-corrected chi connectivity index (χ3v) is 4.92. The Bertz CT molecular complexity index is 935. The van der Waals surface area contributed by atoms with E-state index >= 15 is 0 Å². The number of ether oxygens (including phenoxy) is 1. The van der Waals surface area contributed by atoms with Gasteiger partial charge < -0.3 is 14.6 Å². The fraction of sp³-hybridized carbons (Fsp3) is 0.222. The van der Waals surface area contributed by atoms with Gasteiger partial charge in [0.05, 0.1) is 17.7 Å². The Kier molecular flexibility index (Phi) is 5.99. The number of nitrogens with one attached hydrogen (secondary N) is 1. The number of hydrogen-bond acceptors (Lipinski definition) is 6. The number of carbonyl (C=O) groups excluding carboxylic acids is 1. The lowest BCUT2D eigenvalue weighted by Crippen LogP contribution is -2.24. The summed E-state index contributed by atoms with van der Waals surface area (Å²) in [5.74, 6) is -0.832. The maximum absolute atomic E-state index is 12.3. The third kappa shape index (κ3) is 4.82. The lowest BCUT2D eigenvalue weighted by Gasteiger charge is -2.11. The molecule has 0 atom stereocenters. The van der Waals surface area contributed by atoms with Gasteiger partial charge in [-0.15, -0.1) is 0 Å². The summed E-state index contributed by atoms with van der Waals surface area (Å²) in [4.78, 5) is 13.2. The molecule has 0 saturated heterocycles. The predicted octanol–water partition coefficient (Wildman–Crippen LogP) is 0.999. The van der Waals surface area contributed by atoms with Crippen LogP contribution in [0.4, 0.5) is 0 Å². The lowest BCUT2D eigenvalue weighted by molar-refractivity contribution is -0.304. The molecule has 0 radical (unpaired) electrons. The molecule has 0 heterocycles. The highest BCUT2D eigenvalue weighted by molar-refractivity contribution is 7.89. The fourth-order valence-electron chi connectivity index (χ4n) is 2.26. The topological polar surface area (TPSA) is 108 Å². The second kappa shape index (κ2) is 8.01. The smallest absolute Gasteiger partial charge is 0.276 e. The van der Waals surface area contributed by atoms with E-state index in [1.807, 2.05) is 6.92 Å². The number of carboxylic acid groups (broad SMARTS) is 1. The summed E-state index contributed by atoms with van der Waals surface area (Å²) in [6.07, 6.45) is -0.320. The molecule has 0 aliphatic heterocycles. The number of aryl methyl sites for hydroxylation is 1. The molecule has 0 amide bonds. The standard InChI is InChI=1S/C18H20N2O5S/c1-12-4-7-16(8-5-12)26(23,24)20-19-13(2)14-6-9-17(25-3)15(10-14)11-18(21)22/h4-10,20H,11H2,1-3H3,(H,21,22)/p-1/b19-13-. The van der Waals surface area contributed by atoms with Gasteiger partial charge in [0.1, 0.15) is 5.75 Å². The van der Waals surface area contributed by atoms with Crippen LogP contribution in [0.15, 0.2) is 52.5 Å². The van der Waals surface area contributed by atoms with Gasteiger partial charge in [-0.05, 0) is 49.7 Å². The number of nitrogens with zero attached hydrogens (tertiary/aromatic N) is 1. The molecule has 8 heteroatoms. The zero-order valence-corrected chi connectivity index (χ0v) is 15.5. The Morgan fingerprint density at radius 1 is 1.19 bits per heavy atom. The number of carbonyl (C=O) groups is 1. The second-order valence-corrected chi connectivity index (χ2v) is 7.34. The monoisotopic (exact) mass is 375 g/mol. The van der Waals surface area contributed by atoms with Crippen molar-refractivity contribution in [3.63, 3.8) is 0 Å². The number of hydrazone groups is 1. The zero-order chi connectivity index (χ0) is 19.3. The molecule has 0 saturated carbocycles. The molecule has 0 unspecified atom stereocenters. The van der Waals surface area contributed by atoms with Gasteiger partial charge >= 0.3 is 0 Å². The molecular weight excluding hydrogens is 356 g/mol. The van der Waals surface area contributed by atoms with E-state index in [0.29, 0.717) is 22.6 Å². The molecule has 0 aromatic heterocycles. The first kappa shape index (κ1) is 19.5. The van der Waals surface area contributed by atoms with Crippen molar-refractivity contribution in [2.45, 2.75) is 25.2 Å². The quantitative estimate of drug-likeness (QED) is 0.574. The minimum Gasteiger partial charge on any atom is -0.550 e. The molecule has 7 nitrogen and oxygen atoms in total. The molecule has 0 aliphatic carbocycles. The number of hydrogen-bond donors (Lipinski definition) is 1. The van der Waals surface area contributed by atoms with Crippen LogP contribution in [0.3, 0.4) is 0 Å². The molecule has 0 aliphatic rings. The number of methoxy groups -OCH3 is 1. The summed E-state index contributed by atoms with van der Waals surface area (Å²) in [5.41, 5.74) is 2.31. The molecule has 138 valence electrons. The van der Waals surface area contributed by atoms with Gasteiger partial charge in [0.2, 0.25) is 0 Å². The highest BCUT2D eigenvalue weighted by Gasteiger charge is 2.13. The highest BCUT2D eigenvalue weighted by atomic mass is 32.2.